The summed E-state index contributed by atoms with van der Waals surface area (Å²) in [7, 11) is 1.31. The molecule has 1 aromatic heterocycles. The summed E-state index contributed by atoms with van der Waals surface area (Å²) in [5.74, 6) is -0.132. The SMILES string of the molecule is CC(C)c1ccc(C(N)CNC(=O)c2c[nH]c(=O)n(C)c2=O)cc1. The van der Waals surface area contributed by atoms with E-state index < -0.39 is 17.2 Å². The van der Waals surface area contributed by atoms with E-state index in [-0.39, 0.29) is 18.2 Å². The molecule has 1 aromatic carbocycles. The van der Waals surface area contributed by atoms with E-state index in [0.29, 0.717) is 5.92 Å². The molecular weight excluding hydrogens is 308 g/mol. The normalized spacial score (nSPS) is 12.2. The first-order chi connectivity index (χ1) is 11.3. The Kier molecular flexibility index (Phi) is 5.35. The predicted octanol–water partition coefficient (Wildman–Crippen LogP) is 0.627. The maximum atomic E-state index is 12.1. The van der Waals surface area contributed by atoms with Gasteiger partial charge in [0.25, 0.3) is 11.5 Å². The number of amides is 1. The lowest BCUT2D eigenvalue weighted by Crippen LogP contribution is -2.40. The molecule has 0 spiro atoms. The lowest BCUT2D eigenvalue weighted by atomic mass is 9.99. The van der Waals surface area contributed by atoms with Gasteiger partial charge in [-0.15, -0.1) is 0 Å². The standard InChI is InChI=1S/C17H22N4O3/c1-10(2)11-4-6-12(7-5-11)14(18)9-19-15(22)13-8-20-17(24)21(3)16(13)23/h4-8,10,14H,9,18H2,1-3H3,(H,19,22)(H,20,24). The molecule has 2 aromatic rings. The highest BCUT2D eigenvalue weighted by molar-refractivity contribution is 5.93. The Balaban J connectivity index is 2.05. The van der Waals surface area contributed by atoms with E-state index in [1.165, 1.54) is 12.6 Å². The van der Waals surface area contributed by atoms with Crippen LogP contribution < -0.4 is 22.3 Å². The second-order valence-electron chi connectivity index (χ2n) is 6.01. The largest absolute Gasteiger partial charge is 0.350 e. The molecule has 0 aliphatic rings. The monoisotopic (exact) mass is 330 g/mol. The molecule has 0 fully saturated rings. The lowest BCUT2D eigenvalue weighted by Gasteiger charge is -2.14. The molecule has 1 heterocycles. The molecule has 7 nitrogen and oxygen atoms in total. The van der Waals surface area contributed by atoms with Crippen LogP contribution in [0.2, 0.25) is 0 Å². The number of nitrogens with two attached hydrogens (primary N) is 1. The van der Waals surface area contributed by atoms with E-state index in [1.807, 2.05) is 24.3 Å². The zero-order valence-corrected chi connectivity index (χ0v) is 14.0. The molecule has 128 valence electrons. The summed E-state index contributed by atoms with van der Waals surface area (Å²) in [6.45, 7) is 4.40. The van der Waals surface area contributed by atoms with Crippen LogP contribution in [-0.2, 0) is 7.05 Å². The third-order valence-electron chi connectivity index (χ3n) is 3.94. The molecule has 0 saturated carbocycles. The van der Waals surface area contributed by atoms with Crippen LogP contribution in [0.5, 0.6) is 0 Å². The van der Waals surface area contributed by atoms with Crippen molar-refractivity contribution in [3.05, 3.63) is 68.0 Å². The smallest absolute Gasteiger partial charge is 0.328 e. The summed E-state index contributed by atoms with van der Waals surface area (Å²) in [5, 5.41) is 2.62. The first kappa shape index (κ1) is 17.7. The van der Waals surface area contributed by atoms with E-state index in [4.69, 9.17) is 5.73 Å². The van der Waals surface area contributed by atoms with Gasteiger partial charge in [0.2, 0.25) is 0 Å². The highest BCUT2D eigenvalue weighted by Gasteiger charge is 2.14. The summed E-state index contributed by atoms with van der Waals surface area (Å²) in [5.41, 5.74) is 6.85. The van der Waals surface area contributed by atoms with Crippen molar-refractivity contribution < 1.29 is 4.79 Å². The Morgan fingerprint density at radius 1 is 1.21 bits per heavy atom. The van der Waals surface area contributed by atoms with Crippen molar-refractivity contribution in [1.82, 2.24) is 14.9 Å². The average molecular weight is 330 g/mol. The minimum absolute atomic E-state index is 0.126. The highest BCUT2D eigenvalue weighted by Crippen LogP contribution is 2.17. The van der Waals surface area contributed by atoms with Gasteiger partial charge in [0.05, 0.1) is 0 Å². The zero-order valence-electron chi connectivity index (χ0n) is 14.0. The lowest BCUT2D eigenvalue weighted by molar-refractivity contribution is 0.0948. The van der Waals surface area contributed by atoms with Gasteiger partial charge in [0.15, 0.2) is 0 Å². The number of carbonyl (C=O) groups excluding carboxylic acids is 1. The van der Waals surface area contributed by atoms with E-state index in [9.17, 15) is 14.4 Å². The van der Waals surface area contributed by atoms with Gasteiger partial charge in [-0.3, -0.25) is 14.2 Å². The van der Waals surface area contributed by atoms with Crippen LogP contribution >= 0.6 is 0 Å². The number of rotatable bonds is 5. The Morgan fingerprint density at radius 3 is 2.38 bits per heavy atom. The van der Waals surface area contributed by atoms with Crippen LogP contribution in [0, 0.1) is 0 Å². The van der Waals surface area contributed by atoms with Crippen LogP contribution in [0.1, 0.15) is 47.3 Å². The number of hydrogen-bond acceptors (Lipinski definition) is 4. The van der Waals surface area contributed by atoms with Gasteiger partial charge < -0.3 is 16.0 Å². The Bertz CT molecular complexity index is 834. The fourth-order valence-electron chi connectivity index (χ4n) is 2.27. The Hall–Kier alpha value is -2.67. The van der Waals surface area contributed by atoms with Gasteiger partial charge in [-0.1, -0.05) is 38.1 Å². The number of aromatic nitrogens is 2. The zero-order chi connectivity index (χ0) is 17.9. The van der Waals surface area contributed by atoms with Crippen LogP contribution in [0.15, 0.2) is 40.1 Å². The van der Waals surface area contributed by atoms with Crippen molar-refractivity contribution in [2.24, 2.45) is 12.8 Å². The molecule has 4 N–H and O–H groups in total. The third kappa shape index (κ3) is 3.80. The topological polar surface area (TPSA) is 110 Å². The molecule has 1 amide bonds. The average Bonchev–Trinajstić information content (AvgIpc) is 2.57. The second kappa shape index (κ2) is 7.27. The van der Waals surface area contributed by atoms with Crippen molar-refractivity contribution in [1.29, 1.82) is 0 Å². The number of aromatic amines is 1. The molecule has 0 aliphatic carbocycles. The van der Waals surface area contributed by atoms with E-state index in [2.05, 4.69) is 24.1 Å². The third-order valence-corrected chi connectivity index (χ3v) is 3.94. The molecular formula is C17H22N4O3. The number of nitrogens with one attached hydrogen (secondary N) is 2. The van der Waals surface area contributed by atoms with Crippen LogP contribution in [0.25, 0.3) is 0 Å². The van der Waals surface area contributed by atoms with Crippen LogP contribution in [-0.4, -0.2) is 22.0 Å². The molecule has 0 saturated heterocycles. The summed E-state index contributed by atoms with van der Waals surface area (Å²) >= 11 is 0. The van der Waals surface area contributed by atoms with E-state index in [1.54, 1.807) is 0 Å². The number of carbonyl (C=O) groups is 1. The maximum absolute atomic E-state index is 12.1. The van der Waals surface area contributed by atoms with Gasteiger partial charge in [0.1, 0.15) is 5.56 Å². The van der Waals surface area contributed by atoms with Gasteiger partial charge >= 0.3 is 5.69 Å². The summed E-state index contributed by atoms with van der Waals surface area (Å²) in [6, 6.07) is 7.51. The first-order valence-electron chi connectivity index (χ1n) is 7.73. The summed E-state index contributed by atoms with van der Waals surface area (Å²) in [6.07, 6.45) is 1.11. The van der Waals surface area contributed by atoms with Gasteiger partial charge in [0, 0.05) is 25.8 Å². The molecule has 0 aliphatic heterocycles. The van der Waals surface area contributed by atoms with E-state index in [0.717, 1.165) is 16.3 Å². The molecule has 7 heteroatoms. The van der Waals surface area contributed by atoms with Gasteiger partial charge in [-0.05, 0) is 17.0 Å². The fourth-order valence-corrected chi connectivity index (χ4v) is 2.27. The van der Waals surface area contributed by atoms with Gasteiger partial charge in [-0.2, -0.15) is 0 Å². The minimum atomic E-state index is -0.647. The first-order valence-corrected chi connectivity index (χ1v) is 7.73. The van der Waals surface area contributed by atoms with Crippen molar-refractivity contribution in [3.8, 4) is 0 Å². The summed E-state index contributed by atoms with van der Waals surface area (Å²) in [4.78, 5) is 37.6. The molecule has 0 radical (unpaired) electrons. The highest BCUT2D eigenvalue weighted by atomic mass is 16.2. The quantitative estimate of drug-likeness (QED) is 0.746. The van der Waals surface area contributed by atoms with E-state index >= 15 is 0 Å². The minimum Gasteiger partial charge on any atom is -0.350 e. The Labute approximate surface area is 139 Å². The molecule has 1 unspecified atom stereocenters. The van der Waals surface area contributed by atoms with Crippen LogP contribution in [0.4, 0.5) is 0 Å². The number of H-pyrrole nitrogens is 1. The van der Waals surface area contributed by atoms with Crippen molar-refractivity contribution >= 4 is 5.91 Å². The Morgan fingerprint density at radius 2 is 1.79 bits per heavy atom. The molecule has 2 rings (SSSR count). The molecule has 0 bridgehead atoms. The van der Waals surface area contributed by atoms with Gasteiger partial charge in [-0.25, -0.2) is 4.79 Å². The van der Waals surface area contributed by atoms with Crippen LogP contribution in [0.3, 0.4) is 0 Å². The molecule has 24 heavy (non-hydrogen) atoms. The van der Waals surface area contributed by atoms with Crippen molar-refractivity contribution in [2.75, 3.05) is 6.54 Å². The number of benzene rings is 1. The molecule has 1 atom stereocenters. The number of hydrogen-bond donors (Lipinski definition) is 3. The predicted molar refractivity (Wildman–Crippen MR) is 92.1 cm³/mol. The fraction of sp³-hybridized carbons (Fsp3) is 0.353. The maximum Gasteiger partial charge on any atom is 0.328 e. The number of nitrogens with zero attached hydrogens (tertiary/aromatic N) is 1. The second-order valence-corrected chi connectivity index (χ2v) is 6.01. The van der Waals surface area contributed by atoms with Crippen molar-refractivity contribution in [2.45, 2.75) is 25.8 Å². The van der Waals surface area contributed by atoms with Crippen molar-refractivity contribution in [3.63, 3.8) is 0 Å². The summed E-state index contributed by atoms with van der Waals surface area (Å²) < 4.78 is 0.847.